The minimum absolute atomic E-state index is 0.196. The number of unbranched alkanes of at least 4 members (excludes halogenated alkanes) is 16. The van der Waals surface area contributed by atoms with Gasteiger partial charge < -0.3 is 9.47 Å². The molecule has 0 aromatic rings. The molecule has 0 N–H and O–H groups in total. The predicted octanol–water partition coefficient (Wildman–Crippen LogP) is 12.6. The van der Waals surface area contributed by atoms with Gasteiger partial charge in [0.15, 0.2) is 0 Å². The molecule has 0 aliphatic heterocycles. The molecule has 1 aliphatic carbocycles. The highest BCUT2D eigenvalue weighted by Crippen LogP contribution is 2.32. The summed E-state index contributed by atoms with van der Waals surface area (Å²) in [6.45, 7) is 12.1. The Bertz CT molecular complexity index is 731. The van der Waals surface area contributed by atoms with E-state index in [1.807, 2.05) is 6.08 Å². The third kappa shape index (κ3) is 21.2. The Morgan fingerprint density at radius 3 is 1.31 bits per heavy atom. The van der Waals surface area contributed by atoms with Crippen molar-refractivity contribution >= 4 is 11.9 Å². The standard InChI is InChI=1S/C41H76O4/c1-6-10-14-18-20-24-28-36(26-22-16-12-8-3)33-44-40(42)38-31-30-35(5)32-39(38)41(43)45-34-37(27-23-17-13-9-4)29-25-21-19-15-11-7-2/h30-31,35-39H,6-29,32-34H2,1-5H3. The lowest BCUT2D eigenvalue weighted by atomic mass is 9.79. The molecule has 0 amide bonds. The summed E-state index contributed by atoms with van der Waals surface area (Å²) in [7, 11) is 0. The van der Waals surface area contributed by atoms with Gasteiger partial charge in [0.2, 0.25) is 0 Å². The number of carbonyl (C=O) groups excluding carboxylic acids is 2. The lowest BCUT2D eigenvalue weighted by molar-refractivity contribution is -0.161. The van der Waals surface area contributed by atoms with Crippen molar-refractivity contribution in [2.24, 2.45) is 29.6 Å². The quantitative estimate of drug-likeness (QED) is 0.0449. The molecule has 1 aliphatic rings. The highest BCUT2D eigenvalue weighted by molar-refractivity contribution is 5.84. The molecule has 264 valence electrons. The number of rotatable bonds is 30. The second-order valence-corrected chi connectivity index (χ2v) is 14.5. The van der Waals surface area contributed by atoms with Gasteiger partial charge in [0, 0.05) is 0 Å². The van der Waals surface area contributed by atoms with E-state index in [0.717, 1.165) is 25.7 Å². The molecule has 4 nitrogen and oxygen atoms in total. The lowest BCUT2D eigenvalue weighted by Gasteiger charge is -2.29. The number of esters is 2. The average Bonchev–Trinajstić information content (AvgIpc) is 3.04. The van der Waals surface area contributed by atoms with Crippen molar-refractivity contribution in [3.05, 3.63) is 12.2 Å². The van der Waals surface area contributed by atoms with Crippen LogP contribution in [0.5, 0.6) is 0 Å². The van der Waals surface area contributed by atoms with Crippen molar-refractivity contribution in [2.45, 2.75) is 195 Å². The number of allylic oxidation sites excluding steroid dienone is 1. The van der Waals surface area contributed by atoms with Gasteiger partial charge >= 0.3 is 11.9 Å². The first-order chi connectivity index (χ1) is 22.0. The summed E-state index contributed by atoms with van der Waals surface area (Å²) in [6.07, 6.45) is 34.6. The molecular formula is C41H76O4. The summed E-state index contributed by atoms with van der Waals surface area (Å²) in [6, 6.07) is 0. The van der Waals surface area contributed by atoms with Crippen LogP contribution in [0.2, 0.25) is 0 Å². The third-order valence-electron chi connectivity index (χ3n) is 10.1. The minimum atomic E-state index is -0.523. The van der Waals surface area contributed by atoms with Gasteiger partial charge in [-0.3, -0.25) is 9.59 Å². The Balaban J connectivity index is 2.70. The molecule has 1 rings (SSSR count). The molecule has 0 heterocycles. The summed E-state index contributed by atoms with van der Waals surface area (Å²) in [5.41, 5.74) is 0. The van der Waals surface area contributed by atoms with Crippen LogP contribution in [0, 0.1) is 29.6 Å². The van der Waals surface area contributed by atoms with Crippen molar-refractivity contribution in [2.75, 3.05) is 13.2 Å². The zero-order valence-electron chi connectivity index (χ0n) is 30.8. The molecule has 0 saturated heterocycles. The second kappa shape index (κ2) is 28.9. The first-order valence-corrected chi connectivity index (χ1v) is 20.0. The van der Waals surface area contributed by atoms with E-state index < -0.39 is 11.8 Å². The van der Waals surface area contributed by atoms with Crippen LogP contribution in [0.15, 0.2) is 12.2 Å². The maximum atomic E-state index is 13.5. The van der Waals surface area contributed by atoms with Gasteiger partial charge in [0.1, 0.15) is 0 Å². The number of hydrogen-bond acceptors (Lipinski definition) is 4. The Labute approximate surface area is 280 Å². The lowest BCUT2D eigenvalue weighted by Crippen LogP contribution is -2.36. The van der Waals surface area contributed by atoms with Crippen LogP contribution in [0.4, 0.5) is 0 Å². The van der Waals surface area contributed by atoms with Crippen LogP contribution in [0.1, 0.15) is 195 Å². The van der Waals surface area contributed by atoms with Gasteiger partial charge in [0.05, 0.1) is 25.0 Å². The molecule has 4 heteroatoms. The maximum Gasteiger partial charge on any atom is 0.313 e. The van der Waals surface area contributed by atoms with Crippen LogP contribution in [0.25, 0.3) is 0 Å². The number of hydrogen-bond donors (Lipinski definition) is 0. The molecule has 0 radical (unpaired) electrons. The topological polar surface area (TPSA) is 52.6 Å². The zero-order chi connectivity index (χ0) is 33.0. The number of carbonyl (C=O) groups is 2. The normalized spacial score (nSPS) is 19.4. The van der Waals surface area contributed by atoms with E-state index in [9.17, 15) is 9.59 Å². The van der Waals surface area contributed by atoms with Crippen molar-refractivity contribution in [1.29, 1.82) is 0 Å². The van der Waals surface area contributed by atoms with E-state index in [-0.39, 0.29) is 17.9 Å². The summed E-state index contributed by atoms with van der Waals surface area (Å²) < 4.78 is 12.0. The molecule has 5 atom stereocenters. The molecule has 0 aromatic carbocycles. The fourth-order valence-electron chi connectivity index (χ4n) is 6.93. The van der Waals surface area contributed by atoms with Crippen LogP contribution in [-0.2, 0) is 19.1 Å². The first-order valence-electron chi connectivity index (χ1n) is 20.0. The second-order valence-electron chi connectivity index (χ2n) is 14.5. The molecule has 5 unspecified atom stereocenters. The molecule has 0 bridgehead atoms. The summed E-state index contributed by atoms with van der Waals surface area (Å²) in [4.78, 5) is 27.0. The van der Waals surface area contributed by atoms with Gasteiger partial charge in [-0.15, -0.1) is 0 Å². The van der Waals surface area contributed by atoms with E-state index in [1.165, 1.54) is 128 Å². The van der Waals surface area contributed by atoms with Gasteiger partial charge in [-0.05, 0) is 49.9 Å². The Kier molecular flexibility index (Phi) is 26.8. The molecule has 0 saturated carbocycles. The Morgan fingerprint density at radius 1 is 0.533 bits per heavy atom. The van der Waals surface area contributed by atoms with Crippen LogP contribution < -0.4 is 0 Å². The van der Waals surface area contributed by atoms with E-state index in [2.05, 4.69) is 40.7 Å². The fourth-order valence-corrected chi connectivity index (χ4v) is 6.93. The summed E-state index contributed by atoms with van der Waals surface area (Å²) >= 11 is 0. The minimum Gasteiger partial charge on any atom is -0.465 e. The predicted molar refractivity (Wildman–Crippen MR) is 192 cm³/mol. The van der Waals surface area contributed by atoms with Crippen molar-refractivity contribution in [3.8, 4) is 0 Å². The number of ether oxygens (including phenoxy) is 2. The highest BCUT2D eigenvalue weighted by Gasteiger charge is 2.38. The Hall–Kier alpha value is -1.32. The van der Waals surface area contributed by atoms with Crippen LogP contribution in [0.3, 0.4) is 0 Å². The van der Waals surface area contributed by atoms with Gasteiger partial charge in [-0.25, -0.2) is 0 Å². The Morgan fingerprint density at radius 2 is 0.889 bits per heavy atom. The van der Waals surface area contributed by atoms with E-state index in [1.54, 1.807) is 0 Å². The molecule has 45 heavy (non-hydrogen) atoms. The SMILES string of the molecule is CCCCCCCCC(CCCCCC)COC(=O)C1C=CC(C)CC1C(=O)OCC(CCCCCC)CCCCCCCC. The fraction of sp³-hybridized carbons (Fsp3) is 0.902. The molecular weight excluding hydrogens is 556 g/mol. The summed E-state index contributed by atoms with van der Waals surface area (Å²) in [5.74, 6) is -0.279. The van der Waals surface area contributed by atoms with Crippen molar-refractivity contribution < 1.29 is 19.1 Å². The van der Waals surface area contributed by atoms with Crippen molar-refractivity contribution in [1.82, 2.24) is 0 Å². The summed E-state index contributed by atoms with van der Waals surface area (Å²) in [5, 5.41) is 0. The molecule has 0 spiro atoms. The maximum absolute atomic E-state index is 13.5. The van der Waals surface area contributed by atoms with Crippen LogP contribution >= 0.6 is 0 Å². The smallest absolute Gasteiger partial charge is 0.313 e. The molecule has 0 aromatic heterocycles. The van der Waals surface area contributed by atoms with Gasteiger partial charge in [0.25, 0.3) is 0 Å². The largest absolute Gasteiger partial charge is 0.465 e. The van der Waals surface area contributed by atoms with Gasteiger partial charge in [-0.1, -0.05) is 175 Å². The third-order valence-corrected chi connectivity index (χ3v) is 10.1. The van der Waals surface area contributed by atoms with E-state index >= 15 is 0 Å². The monoisotopic (exact) mass is 633 g/mol. The van der Waals surface area contributed by atoms with Gasteiger partial charge in [-0.2, -0.15) is 0 Å². The van der Waals surface area contributed by atoms with Crippen molar-refractivity contribution in [3.63, 3.8) is 0 Å². The zero-order valence-corrected chi connectivity index (χ0v) is 30.8. The van der Waals surface area contributed by atoms with E-state index in [0.29, 0.717) is 31.5 Å². The molecule has 0 fully saturated rings. The van der Waals surface area contributed by atoms with Crippen LogP contribution in [-0.4, -0.2) is 25.2 Å². The average molecular weight is 633 g/mol. The highest BCUT2D eigenvalue weighted by atomic mass is 16.5. The first kappa shape index (κ1) is 41.7. The van der Waals surface area contributed by atoms with E-state index in [4.69, 9.17) is 9.47 Å².